The molecule has 19 heavy (non-hydrogen) atoms. The number of aliphatic hydroxyl groups excluding tert-OH is 2. The molecule has 7 nitrogen and oxygen atoms in total. The molecule has 1 aromatic rings. The van der Waals surface area contributed by atoms with Gasteiger partial charge in [-0.15, -0.1) is 5.92 Å². The van der Waals surface area contributed by atoms with Gasteiger partial charge in [-0.25, -0.2) is 4.79 Å². The molecule has 4 N–H and O–H groups in total. The molecule has 104 valence electrons. The van der Waals surface area contributed by atoms with Crippen LogP contribution >= 0.6 is 0 Å². The second-order valence-electron chi connectivity index (χ2n) is 3.87. The van der Waals surface area contributed by atoms with Crippen molar-refractivity contribution >= 4 is 5.82 Å². The number of ether oxygens (including phenoxy) is 1. The van der Waals surface area contributed by atoms with Crippen molar-refractivity contribution in [1.82, 2.24) is 9.55 Å². The molecule has 0 radical (unpaired) electrons. The van der Waals surface area contributed by atoms with E-state index in [1.165, 1.54) is 17.9 Å². The average Bonchev–Trinajstić information content (AvgIpc) is 2.37. The van der Waals surface area contributed by atoms with E-state index >= 15 is 0 Å². The molecule has 0 aliphatic rings. The second kappa shape index (κ2) is 6.89. The van der Waals surface area contributed by atoms with E-state index in [2.05, 4.69) is 16.8 Å². The van der Waals surface area contributed by atoms with Gasteiger partial charge in [-0.1, -0.05) is 5.92 Å². The lowest BCUT2D eigenvalue weighted by atomic mass is 10.2. The van der Waals surface area contributed by atoms with Crippen molar-refractivity contribution in [2.75, 3.05) is 19.5 Å². The number of aliphatic hydroxyl groups is 2. The number of hydrogen-bond donors (Lipinski definition) is 3. The highest BCUT2D eigenvalue weighted by molar-refractivity contribution is 5.48. The van der Waals surface area contributed by atoms with Crippen LogP contribution in [0.2, 0.25) is 0 Å². The molecule has 0 aliphatic carbocycles. The van der Waals surface area contributed by atoms with Gasteiger partial charge in [-0.05, 0) is 6.92 Å². The molecule has 2 atom stereocenters. The van der Waals surface area contributed by atoms with Crippen molar-refractivity contribution in [2.45, 2.75) is 25.7 Å². The highest BCUT2D eigenvalue weighted by Gasteiger charge is 2.19. The van der Waals surface area contributed by atoms with Crippen molar-refractivity contribution < 1.29 is 14.9 Å². The SMILES string of the molecule is CC#Cc1cn(C[C@H](O)[C@@H](CO)OC)c(=O)nc1N. The molecule has 0 unspecified atom stereocenters. The summed E-state index contributed by atoms with van der Waals surface area (Å²) < 4.78 is 6.07. The number of aromatic nitrogens is 2. The van der Waals surface area contributed by atoms with Crippen molar-refractivity contribution in [1.29, 1.82) is 0 Å². The van der Waals surface area contributed by atoms with Crippen LogP contribution in [0, 0.1) is 11.8 Å². The average molecular weight is 267 g/mol. The summed E-state index contributed by atoms with van der Waals surface area (Å²) in [5.41, 5.74) is 5.38. The highest BCUT2D eigenvalue weighted by Crippen LogP contribution is 2.05. The summed E-state index contributed by atoms with van der Waals surface area (Å²) >= 11 is 0. The smallest absolute Gasteiger partial charge is 0.349 e. The van der Waals surface area contributed by atoms with Crippen LogP contribution in [-0.4, -0.2) is 45.7 Å². The molecule has 0 amide bonds. The summed E-state index contributed by atoms with van der Waals surface area (Å²) in [6, 6.07) is 0. The first-order valence-electron chi connectivity index (χ1n) is 5.64. The fourth-order valence-electron chi connectivity index (χ4n) is 1.54. The van der Waals surface area contributed by atoms with Gasteiger partial charge in [0.05, 0.1) is 18.7 Å². The van der Waals surface area contributed by atoms with Crippen LogP contribution in [0.25, 0.3) is 0 Å². The lowest BCUT2D eigenvalue weighted by Gasteiger charge is -2.20. The van der Waals surface area contributed by atoms with Crippen LogP contribution in [0.4, 0.5) is 5.82 Å². The lowest BCUT2D eigenvalue weighted by molar-refractivity contribution is -0.0475. The Morgan fingerprint density at radius 1 is 1.63 bits per heavy atom. The van der Waals surface area contributed by atoms with Crippen LogP contribution in [0.15, 0.2) is 11.0 Å². The standard InChI is InChI=1S/C12H17N3O4/c1-3-4-8-5-15(12(18)14-11(8)13)6-9(17)10(7-16)19-2/h5,9-10,16-17H,6-7H2,1-2H3,(H2,13,14,18)/t9-,10+/m0/s1. The number of nitrogen functional groups attached to an aromatic ring is 1. The zero-order valence-electron chi connectivity index (χ0n) is 10.8. The maximum absolute atomic E-state index is 11.6. The van der Waals surface area contributed by atoms with Gasteiger partial charge in [0.25, 0.3) is 0 Å². The van der Waals surface area contributed by atoms with Crippen LogP contribution in [-0.2, 0) is 11.3 Å². The minimum absolute atomic E-state index is 0.0514. The first-order valence-corrected chi connectivity index (χ1v) is 5.64. The molecular weight excluding hydrogens is 250 g/mol. The van der Waals surface area contributed by atoms with Crippen molar-refractivity contribution in [3.8, 4) is 11.8 Å². The summed E-state index contributed by atoms with van der Waals surface area (Å²) in [5, 5.41) is 18.8. The number of rotatable bonds is 5. The van der Waals surface area contributed by atoms with Gasteiger partial charge in [-0.3, -0.25) is 4.57 Å². The van der Waals surface area contributed by atoms with Crippen LogP contribution in [0.1, 0.15) is 12.5 Å². The minimum atomic E-state index is -1.04. The topological polar surface area (TPSA) is 111 Å². The van der Waals surface area contributed by atoms with Crippen LogP contribution < -0.4 is 11.4 Å². The Hall–Kier alpha value is -1.88. The van der Waals surface area contributed by atoms with Crippen molar-refractivity contribution in [3.05, 3.63) is 22.2 Å². The summed E-state index contributed by atoms with van der Waals surface area (Å²) in [5.74, 6) is 5.42. The summed E-state index contributed by atoms with van der Waals surface area (Å²) in [4.78, 5) is 15.3. The van der Waals surface area contributed by atoms with E-state index in [1.807, 2.05) is 0 Å². The molecule has 0 bridgehead atoms. The Kier molecular flexibility index (Phi) is 5.51. The van der Waals surface area contributed by atoms with Gasteiger partial charge in [0.15, 0.2) is 0 Å². The van der Waals surface area contributed by atoms with E-state index in [0.29, 0.717) is 5.56 Å². The maximum Gasteiger partial charge on any atom is 0.349 e. The maximum atomic E-state index is 11.6. The van der Waals surface area contributed by atoms with Gasteiger partial charge in [0.2, 0.25) is 0 Å². The van der Waals surface area contributed by atoms with Gasteiger partial charge in [-0.2, -0.15) is 4.98 Å². The first kappa shape index (κ1) is 15.2. The van der Waals surface area contributed by atoms with Crippen molar-refractivity contribution in [2.24, 2.45) is 0 Å². The third-order valence-corrected chi connectivity index (χ3v) is 2.58. The van der Waals surface area contributed by atoms with E-state index < -0.39 is 17.9 Å². The van der Waals surface area contributed by atoms with Crippen LogP contribution in [0.5, 0.6) is 0 Å². The predicted molar refractivity (Wildman–Crippen MR) is 69.4 cm³/mol. The molecule has 0 saturated carbocycles. The number of nitrogens with two attached hydrogens (primary N) is 1. The number of anilines is 1. The molecule has 0 fully saturated rings. The highest BCUT2D eigenvalue weighted by atomic mass is 16.5. The third-order valence-electron chi connectivity index (χ3n) is 2.58. The molecule has 7 heteroatoms. The normalized spacial score (nSPS) is 13.5. The molecular formula is C12H17N3O4. The van der Waals surface area contributed by atoms with E-state index in [9.17, 15) is 9.90 Å². The zero-order valence-corrected chi connectivity index (χ0v) is 10.8. The summed E-state index contributed by atoms with van der Waals surface area (Å²) in [6.07, 6.45) is -0.389. The monoisotopic (exact) mass is 267 g/mol. The first-order chi connectivity index (χ1) is 9.03. The van der Waals surface area contributed by atoms with Gasteiger partial charge >= 0.3 is 5.69 Å². The minimum Gasteiger partial charge on any atom is -0.394 e. The lowest BCUT2D eigenvalue weighted by Crippen LogP contribution is -2.38. The Labute approximate surface area is 110 Å². The van der Waals surface area contributed by atoms with Gasteiger partial charge < -0.3 is 20.7 Å². The fraction of sp³-hybridized carbons (Fsp3) is 0.500. The molecule has 1 aromatic heterocycles. The van der Waals surface area contributed by atoms with Crippen molar-refractivity contribution in [3.63, 3.8) is 0 Å². The summed E-state index contributed by atoms with van der Waals surface area (Å²) in [6.45, 7) is 1.22. The zero-order chi connectivity index (χ0) is 14.4. The number of nitrogens with zero attached hydrogens (tertiary/aromatic N) is 2. The molecule has 0 aromatic carbocycles. The van der Waals surface area contributed by atoms with E-state index in [0.717, 1.165) is 0 Å². The number of hydrogen-bond acceptors (Lipinski definition) is 6. The quantitative estimate of drug-likeness (QED) is 0.564. The Morgan fingerprint density at radius 2 is 2.32 bits per heavy atom. The second-order valence-corrected chi connectivity index (χ2v) is 3.87. The predicted octanol–water partition coefficient (Wildman–Crippen LogP) is -1.43. The van der Waals surface area contributed by atoms with E-state index in [4.69, 9.17) is 15.6 Å². The van der Waals surface area contributed by atoms with Gasteiger partial charge in [0.1, 0.15) is 18.0 Å². The molecule has 1 heterocycles. The van der Waals surface area contributed by atoms with Crippen LogP contribution in [0.3, 0.4) is 0 Å². The molecule has 0 aliphatic heterocycles. The number of methoxy groups -OCH3 is 1. The molecule has 0 spiro atoms. The fourth-order valence-corrected chi connectivity index (χ4v) is 1.54. The third kappa shape index (κ3) is 3.79. The Balaban J connectivity index is 3.03. The van der Waals surface area contributed by atoms with E-state index in [1.54, 1.807) is 6.92 Å². The Morgan fingerprint density at radius 3 is 2.84 bits per heavy atom. The Bertz CT molecular complexity index is 540. The molecule has 0 saturated heterocycles. The summed E-state index contributed by atoms with van der Waals surface area (Å²) in [7, 11) is 1.36. The molecule has 1 rings (SSSR count). The van der Waals surface area contributed by atoms with Gasteiger partial charge in [0, 0.05) is 13.3 Å². The largest absolute Gasteiger partial charge is 0.394 e. The van der Waals surface area contributed by atoms with E-state index in [-0.39, 0.29) is 19.0 Å².